The Kier molecular flexibility index (Phi) is 10.6. The fourth-order valence-electron chi connectivity index (χ4n) is 3.37. The van der Waals surface area contributed by atoms with E-state index in [1.807, 2.05) is 12.1 Å². The van der Waals surface area contributed by atoms with Gasteiger partial charge in [-0.05, 0) is 48.9 Å². The minimum Gasteiger partial charge on any atom is -0.862 e. The van der Waals surface area contributed by atoms with Gasteiger partial charge in [-0.3, -0.25) is 9.59 Å². The van der Waals surface area contributed by atoms with E-state index in [1.54, 1.807) is 48.5 Å². The molecule has 0 spiro atoms. The van der Waals surface area contributed by atoms with Crippen molar-refractivity contribution in [2.24, 2.45) is 9.98 Å². The Labute approximate surface area is 204 Å². The van der Waals surface area contributed by atoms with Gasteiger partial charge in [0, 0.05) is 37.3 Å². The first-order chi connectivity index (χ1) is 15.5. The second-order valence-corrected chi connectivity index (χ2v) is 7.37. The van der Waals surface area contributed by atoms with Gasteiger partial charge in [0.05, 0.1) is 13.1 Å². The number of hydrogen-bond acceptors (Lipinski definition) is 6. The van der Waals surface area contributed by atoms with Gasteiger partial charge in [0.15, 0.2) is 0 Å². The summed E-state index contributed by atoms with van der Waals surface area (Å²) in [6, 6.07) is 17.6. The minimum atomic E-state index is -0.326. The Hall–Kier alpha value is -3.16. The van der Waals surface area contributed by atoms with Crippen molar-refractivity contribution in [3.05, 3.63) is 71.8 Å². The summed E-state index contributed by atoms with van der Waals surface area (Å²) in [4.78, 5) is 36.7. The van der Waals surface area contributed by atoms with Crippen LogP contribution in [0, 0.1) is 0 Å². The van der Waals surface area contributed by atoms with E-state index >= 15 is 0 Å². The molecule has 0 N–H and O–H groups in total. The Morgan fingerprint density at radius 3 is 1.36 bits per heavy atom. The molecule has 2 amide bonds. The Morgan fingerprint density at radius 2 is 1.00 bits per heavy atom. The van der Waals surface area contributed by atoms with Crippen molar-refractivity contribution in [3.63, 3.8) is 0 Å². The normalized spacial score (nSPS) is 16.0. The third-order valence-corrected chi connectivity index (χ3v) is 5.12. The van der Waals surface area contributed by atoms with Crippen LogP contribution in [-0.2, 0) is 17.1 Å². The van der Waals surface area contributed by atoms with Gasteiger partial charge in [-0.25, -0.2) is 0 Å². The van der Waals surface area contributed by atoms with Crippen molar-refractivity contribution in [2.75, 3.05) is 39.3 Å². The number of amides is 2. The Balaban J connectivity index is 0.00000385. The SMILES string of the molecule is O=C(c1ccccc1)N1CCN=C([O-])CCN(C(=O)c2ccccc2)CCN=C([O-])CC1.[Cu+2]. The predicted molar refractivity (Wildman–Crippen MR) is 119 cm³/mol. The molecule has 177 valence electrons. The van der Waals surface area contributed by atoms with E-state index in [0.29, 0.717) is 11.1 Å². The second-order valence-electron chi connectivity index (χ2n) is 7.37. The number of hydrogen-bond donors (Lipinski definition) is 0. The zero-order chi connectivity index (χ0) is 22.8. The first kappa shape index (κ1) is 26.1. The van der Waals surface area contributed by atoms with E-state index in [0.717, 1.165) is 0 Å². The average molecular weight is 498 g/mol. The summed E-state index contributed by atoms with van der Waals surface area (Å²) in [6.45, 7) is 1.09. The molecule has 1 aliphatic heterocycles. The third kappa shape index (κ3) is 8.04. The minimum absolute atomic E-state index is 0. The van der Waals surface area contributed by atoms with Gasteiger partial charge in [-0.1, -0.05) is 36.4 Å². The van der Waals surface area contributed by atoms with Crippen LogP contribution in [0.1, 0.15) is 33.6 Å². The van der Waals surface area contributed by atoms with Gasteiger partial charge < -0.3 is 30.0 Å². The summed E-state index contributed by atoms with van der Waals surface area (Å²) < 4.78 is 0. The van der Waals surface area contributed by atoms with E-state index in [4.69, 9.17) is 0 Å². The zero-order valence-electron chi connectivity index (χ0n) is 18.2. The molecule has 1 heterocycles. The number of nitrogens with zero attached hydrogens (tertiary/aromatic N) is 4. The third-order valence-electron chi connectivity index (χ3n) is 5.12. The molecule has 0 unspecified atom stereocenters. The second kappa shape index (κ2) is 13.4. The molecule has 3 rings (SSSR count). The molecule has 0 atom stereocenters. The summed E-state index contributed by atoms with van der Waals surface area (Å²) in [6.07, 6.45) is 0.137. The predicted octanol–water partition coefficient (Wildman–Crippen LogP) is 0.580. The average Bonchev–Trinajstić information content (AvgIpc) is 2.83. The van der Waals surface area contributed by atoms with Gasteiger partial charge in [0.2, 0.25) is 0 Å². The number of carbonyl (C=O) groups excluding carboxylic acids is 2. The Morgan fingerprint density at radius 1 is 0.636 bits per heavy atom. The van der Waals surface area contributed by atoms with Crippen molar-refractivity contribution < 1.29 is 36.9 Å². The van der Waals surface area contributed by atoms with Crippen LogP contribution in [0.2, 0.25) is 0 Å². The molecule has 0 fully saturated rings. The number of rotatable bonds is 2. The first-order valence-electron chi connectivity index (χ1n) is 10.6. The van der Waals surface area contributed by atoms with Crippen molar-refractivity contribution in [2.45, 2.75) is 12.8 Å². The molecule has 0 saturated carbocycles. The maximum Gasteiger partial charge on any atom is 2.00 e. The monoisotopic (exact) mass is 497 g/mol. The van der Waals surface area contributed by atoms with Crippen molar-refractivity contribution >= 4 is 23.6 Å². The maximum atomic E-state index is 12.8. The number of benzene rings is 2. The molecule has 1 aliphatic rings. The quantitative estimate of drug-likeness (QED) is 0.565. The molecule has 0 saturated heterocycles. The van der Waals surface area contributed by atoms with Crippen LogP contribution in [0.25, 0.3) is 0 Å². The van der Waals surface area contributed by atoms with E-state index in [-0.39, 0.29) is 92.8 Å². The maximum absolute atomic E-state index is 12.8. The number of aliphatic imine (C=N–C) groups is 2. The Bertz CT molecular complexity index is 887. The molecule has 2 aromatic rings. The van der Waals surface area contributed by atoms with Crippen LogP contribution in [0.15, 0.2) is 70.6 Å². The van der Waals surface area contributed by atoms with Crippen molar-refractivity contribution in [3.8, 4) is 0 Å². The van der Waals surface area contributed by atoms with Gasteiger partial charge in [-0.15, -0.1) is 0 Å². The molecular weight excluding hydrogens is 472 g/mol. The van der Waals surface area contributed by atoms with E-state index in [1.165, 1.54) is 9.80 Å². The van der Waals surface area contributed by atoms with Crippen LogP contribution < -0.4 is 10.2 Å². The largest absolute Gasteiger partial charge is 2.00 e. The van der Waals surface area contributed by atoms with Crippen LogP contribution in [0.5, 0.6) is 0 Å². The van der Waals surface area contributed by atoms with Crippen molar-refractivity contribution in [1.29, 1.82) is 0 Å². The van der Waals surface area contributed by atoms with E-state index < -0.39 is 0 Å². The molecule has 0 aromatic heterocycles. The molecular formula is C24H26CuN4O4. The van der Waals surface area contributed by atoms with Gasteiger partial charge in [-0.2, -0.15) is 0 Å². The zero-order valence-corrected chi connectivity index (χ0v) is 19.1. The first-order valence-corrected chi connectivity index (χ1v) is 10.6. The summed E-state index contributed by atoms with van der Waals surface area (Å²) in [7, 11) is 0. The van der Waals surface area contributed by atoms with Crippen LogP contribution in [0.4, 0.5) is 0 Å². The molecule has 2 aromatic carbocycles. The van der Waals surface area contributed by atoms with Gasteiger partial charge in [0.25, 0.3) is 11.8 Å². The molecule has 9 heteroatoms. The van der Waals surface area contributed by atoms with E-state index in [9.17, 15) is 19.8 Å². The molecule has 0 bridgehead atoms. The molecule has 0 aliphatic carbocycles. The van der Waals surface area contributed by atoms with Crippen molar-refractivity contribution in [1.82, 2.24) is 9.80 Å². The molecule has 33 heavy (non-hydrogen) atoms. The van der Waals surface area contributed by atoms with Crippen LogP contribution in [0.3, 0.4) is 0 Å². The summed E-state index contributed by atoms with van der Waals surface area (Å²) >= 11 is 0. The molecule has 8 nitrogen and oxygen atoms in total. The molecule has 1 radical (unpaired) electrons. The standard InChI is InChI=1S/C24H28N4O4.Cu/c29-21-11-15-27(23(31)19-7-3-1-4-8-19)17-13-25-22(30)12-16-28(18-14-26-21)24(32)20-9-5-2-6-10-20;/h1-10H,11-18H2,(H,25,30)(H,26,29);/q;+2/p-2. The van der Waals surface area contributed by atoms with Crippen LogP contribution in [-0.4, -0.2) is 72.7 Å². The van der Waals surface area contributed by atoms with E-state index in [2.05, 4.69) is 9.98 Å². The summed E-state index contributed by atoms with van der Waals surface area (Å²) in [5.41, 5.74) is 1.03. The van der Waals surface area contributed by atoms with Gasteiger partial charge in [0.1, 0.15) is 0 Å². The van der Waals surface area contributed by atoms with Crippen LogP contribution >= 0.6 is 0 Å². The fourth-order valence-corrected chi connectivity index (χ4v) is 3.37. The van der Waals surface area contributed by atoms with Gasteiger partial charge >= 0.3 is 17.1 Å². The topological polar surface area (TPSA) is 111 Å². The summed E-state index contributed by atoms with van der Waals surface area (Å²) in [5, 5.41) is 24.5. The smallest absolute Gasteiger partial charge is 0.862 e. The fraction of sp³-hybridized carbons (Fsp3) is 0.333. The summed E-state index contributed by atoms with van der Waals surface area (Å²) in [5.74, 6) is -1.08. The number of carbonyl (C=O) groups is 2.